The Morgan fingerprint density at radius 1 is 1.12 bits per heavy atom. The number of hydrogen-bond acceptors (Lipinski definition) is 0. The number of hydrogen-bond donors (Lipinski definition) is 0. The van der Waals surface area contributed by atoms with Crippen molar-refractivity contribution in [1.82, 2.24) is 0 Å². The molecule has 0 saturated heterocycles. The molecule has 0 amide bonds. The van der Waals surface area contributed by atoms with Crippen molar-refractivity contribution in [1.29, 1.82) is 0 Å². The molecule has 0 aromatic rings. The molecule has 0 aromatic heterocycles. The molecule has 8 heavy (non-hydrogen) atoms. The summed E-state index contributed by atoms with van der Waals surface area (Å²) in [5, 5.41) is 0. The molecule has 0 radical (unpaired) electrons. The quantitative estimate of drug-likeness (QED) is 0.575. The van der Waals surface area contributed by atoms with Crippen LogP contribution in [0.15, 0.2) is 0 Å². The third-order valence-corrected chi connectivity index (χ3v) is 2.72. The minimum atomic E-state index is 1.03. The third kappa shape index (κ3) is 4.71. The SMILES string of the molecule is CCCC([AsH2])CCC. The van der Waals surface area contributed by atoms with Crippen molar-refractivity contribution < 1.29 is 0 Å². The van der Waals surface area contributed by atoms with Crippen molar-refractivity contribution in [2.75, 3.05) is 0 Å². The third-order valence-electron chi connectivity index (χ3n) is 1.32. The van der Waals surface area contributed by atoms with E-state index in [-0.39, 0.29) is 0 Å². The average Bonchev–Trinajstić information content (AvgIpc) is 1.68. The van der Waals surface area contributed by atoms with Gasteiger partial charge in [0.2, 0.25) is 0 Å². The first kappa shape index (κ1) is 8.56. The topological polar surface area (TPSA) is 0 Å². The van der Waals surface area contributed by atoms with Crippen LogP contribution in [-0.2, 0) is 0 Å². The van der Waals surface area contributed by atoms with Gasteiger partial charge in [0.15, 0.2) is 0 Å². The molecule has 0 aliphatic rings. The van der Waals surface area contributed by atoms with Crippen LogP contribution in [0.2, 0.25) is 4.71 Å². The van der Waals surface area contributed by atoms with Crippen LogP contribution >= 0.6 is 0 Å². The summed E-state index contributed by atoms with van der Waals surface area (Å²) in [6.45, 7) is 4.53. The predicted molar refractivity (Wildman–Crippen MR) is 42.1 cm³/mol. The molecule has 0 aromatic carbocycles. The van der Waals surface area contributed by atoms with Crippen LogP contribution in [-0.4, -0.2) is 16.9 Å². The fourth-order valence-corrected chi connectivity index (χ4v) is 2.28. The van der Waals surface area contributed by atoms with Crippen LogP contribution in [0.1, 0.15) is 39.5 Å². The van der Waals surface area contributed by atoms with E-state index >= 15 is 0 Å². The van der Waals surface area contributed by atoms with Crippen molar-refractivity contribution in [3.05, 3.63) is 0 Å². The molecule has 0 heterocycles. The second kappa shape index (κ2) is 5.69. The second-order valence-corrected chi connectivity index (χ2v) is 4.32. The predicted octanol–water partition coefficient (Wildman–Crippen LogP) is 2.01. The second-order valence-electron chi connectivity index (χ2n) is 2.34. The summed E-state index contributed by atoms with van der Waals surface area (Å²) in [4.78, 5) is 0. The van der Waals surface area contributed by atoms with E-state index < -0.39 is 0 Å². The zero-order valence-corrected chi connectivity index (χ0v) is 8.41. The molecule has 0 nitrogen and oxygen atoms in total. The molecule has 0 bridgehead atoms. The molecule has 1 heteroatoms. The molecular weight excluding hydrogens is 159 g/mol. The molecular formula is C7H17As. The Balaban J connectivity index is 2.92. The van der Waals surface area contributed by atoms with Crippen LogP contribution in [0, 0.1) is 0 Å². The summed E-state index contributed by atoms with van der Waals surface area (Å²) in [6.07, 6.45) is 5.60. The van der Waals surface area contributed by atoms with E-state index in [4.69, 9.17) is 0 Å². The van der Waals surface area contributed by atoms with Crippen molar-refractivity contribution in [3.8, 4) is 0 Å². The van der Waals surface area contributed by atoms with Crippen LogP contribution < -0.4 is 0 Å². The summed E-state index contributed by atoms with van der Waals surface area (Å²) >= 11 is 1.92. The maximum atomic E-state index is 2.27. The van der Waals surface area contributed by atoms with Crippen LogP contribution in [0.4, 0.5) is 0 Å². The molecule has 50 valence electrons. The van der Waals surface area contributed by atoms with Crippen LogP contribution in [0.5, 0.6) is 0 Å². The molecule has 0 aliphatic heterocycles. The van der Waals surface area contributed by atoms with E-state index in [2.05, 4.69) is 13.8 Å². The van der Waals surface area contributed by atoms with Crippen LogP contribution in [0.3, 0.4) is 0 Å². The Labute approximate surface area is 61.5 Å². The molecule has 0 spiro atoms. The summed E-state index contributed by atoms with van der Waals surface area (Å²) in [5.41, 5.74) is 0. The Morgan fingerprint density at radius 2 is 1.50 bits per heavy atom. The maximum absolute atomic E-state index is 2.27. The van der Waals surface area contributed by atoms with E-state index in [1.54, 1.807) is 0 Å². The van der Waals surface area contributed by atoms with Gasteiger partial charge in [-0.2, -0.15) is 0 Å². The molecule has 0 fully saturated rings. The van der Waals surface area contributed by atoms with Gasteiger partial charge in [0.25, 0.3) is 0 Å². The minimum absolute atomic E-state index is 1.03. The first-order valence-corrected chi connectivity index (χ1v) is 4.96. The monoisotopic (exact) mass is 176 g/mol. The molecule has 1 atom stereocenters. The van der Waals surface area contributed by atoms with E-state index in [1.165, 1.54) is 25.7 Å². The molecule has 0 rings (SSSR count). The normalized spacial score (nSPS) is 10.5. The van der Waals surface area contributed by atoms with Gasteiger partial charge in [0, 0.05) is 0 Å². The van der Waals surface area contributed by atoms with Gasteiger partial charge >= 0.3 is 61.1 Å². The first-order chi connectivity index (χ1) is 3.81. The molecule has 0 saturated carbocycles. The number of rotatable bonds is 4. The first-order valence-electron chi connectivity index (χ1n) is 3.56. The fraction of sp³-hybridized carbons (Fsp3) is 1.00. The molecule has 0 aliphatic carbocycles. The summed E-state index contributed by atoms with van der Waals surface area (Å²) in [5.74, 6) is 0. The Morgan fingerprint density at radius 3 is 1.75 bits per heavy atom. The van der Waals surface area contributed by atoms with Gasteiger partial charge < -0.3 is 0 Å². The standard InChI is InChI=1S/C7H17As/c1-3-5-7(8)6-4-2/h7H,3-6,8H2,1-2H3. The fourth-order valence-electron chi connectivity index (χ4n) is 0.886. The van der Waals surface area contributed by atoms with Crippen molar-refractivity contribution in [2.45, 2.75) is 44.2 Å². The van der Waals surface area contributed by atoms with Gasteiger partial charge in [-0.1, -0.05) is 0 Å². The van der Waals surface area contributed by atoms with Gasteiger partial charge in [0.1, 0.15) is 0 Å². The van der Waals surface area contributed by atoms with Crippen molar-refractivity contribution in [2.24, 2.45) is 0 Å². The van der Waals surface area contributed by atoms with Gasteiger partial charge in [-0.3, -0.25) is 0 Å². The average molecular weight is 176 g/mol. The van der Waals surface area contributed by atoms with Crippen molar-refractivity contribution >= 4 is 16.9 Å². The zero-order chi connectivity index (χ0) is 6.41. The Kier molecular flexibility index (Phi) is 6.09. The van der Waals surface area contributed by atoms with E-state index in [1.807, 2.05) is 16.9 Å². The van der Waals surface area contributed by atoms with E-state index in [0.717, 1.165) is 4.71 Å². The van der Waals surface area contributed by atoms with Crippen molar-refractivity contribution in [3.63, 3.8) is 0 Å². The van der Waals surface area contributed by atoms with E-state index in [9.17, 15) is 0 Å². The molecule has 1 unspecified atom stereocenters. The Bertz CT molecular complexity index is 37.7. The van der Waals surface area contributed by atoms with Gasteiger partial charge in [-0.25, -0.2) is 0 Å². The van der Waals surface area contributed by atoms with E-state index in [0.29, 0.717) is 0 Å². The van der Waals surface area contributed by atoms with Crippen LogP contribution in [0.25, 0.3) is 0 Å². The van der Waals surface area contributed by atoms with Gasteiger partial charge in [0.05, 0.1) is 0 Å². The Hall–Kier alpha value is 0.558. The molecule has 0 N–H and O–H groups in total. The van der Waals surface area contributed by atoms with Gasteiger partial charge in [-0.05, 0) is 0 Å². The summed E-state index contributed by atoms with van der Waals surface area (Å²) < 4.78 is 1.03. The van der Waals surface area contributed by atoms with Gasteiger partial charge in [-0.15, -0.1) is 0 Å². The zero-order valence-electron chi connectivity index (χ0n) is 5.98. The summed E-state index contributed by atoms with van der Waals surface area (Å²) in [7, 11) is 0. The summed E-state index contributed by atoms with van der Waals surface area (Å²) in [6, 6.07) is 0.